The molecule has 2 heterocycles. The first-order valence-corrected chi connectivity index (χ1v) is 10.5. The Labute approximate surface area is 176 Å². The molecular weight excluding hydrogens is 372 g/mol. The van der Waals surface area contributed by atoms with Gasteiger partial charge in [-0.1, -0.05) is 42.5 Å². The molecule has 152 valence electrons. The second-order valence-electron chi connectivity index (χ2n) is 7.90. The minimum absolute atomic E-state index is 0.404. The third kappa shape index (κ3) is 3.89. The molecule has 1 aliphatic rings. The molecule has 0 atom stereocenters. The van der Waals surface area contributed by atoms with E-state index in [1.54, 1.807) is 0 Å². The second kappa shape index (κ2) is 8.20. The molecule has 0 saturated carbocycles. The number of para-hydroxylation sites is 3. The number of nitrogens with zero attached hydrogens (tertiary/aromatic N) is 3. The van der Waals surface area contributed by atoms with Gasteiger partial charge < -0.3 is 15.0 Å². The lowest BCUT2D eigenvalue weighted by Crippen LogP contribution is -2.34. The highest BCUT2D eigenvalue weighted by Gasteiger charge is 2.23. The Morgan fingerprint density at radius 2 is 1.60 bits per heavy atom. The Balaban J connectivity index is 1.23. The van der Waals surface area contributed by atoms with Gasteiger partial charge >= 0.3 is 0 Å². The molecule has 5 nitrogen and oxygen atoms in total. The van der Waals surface area contributed by atoms with Crippen LogP contribution in [0.1, 0.15) is 24.4 Å². The Hall–Kier alpha value is -3.31. The van der Waals surface area contributed by atoms with E-state index in [-0.39, 0.29) is 0 Å². The van der Waals surface area contributed by atoms with Gasteiger partial charge in [0.15, 0.2) is 0 Å². The smallest absolute Gasteiger partial charge is 0.201 e. The van der Waals surface area contributed by atoms with Crippen molar-refractivity contribution in [3.8, 4) is 11.5 Å². The molecule has 0 unspecified atom stereocenters. The highest BCUT2D eigenvalue weighted by molar-refractivity contribution is 5.78. The fraction of sp³-hybridized carbons (Fsp3) is 0.240. The quantitative estimate of drug-likeness (QED) is 0.499. The van der Waals surface area contributed by atoms with Crippen LogP contribution in [0.4, 0.5) is 5.95 Å². The van der Waals surface area contributed by atoms with E-state index in [0.29, 0.717) is 12.0 Å². The number of rotatable bonds is 5. The first-order chi connectivity index (χ1) is 14.8. The zero-order valence-corrected chi connectivity index (χ0v) is 16.9. The molecule has 4 aromatic rings. The van der Waals surface area contributed by atoms with E-state index in [1.165, 1.54) is 5.56 Å². The van der Waals surface area contributed by atoms with Gasteiger partial charge in [0.2, 0.25) is 5.95 Å². The van der Waals surface area contributed by atoms with Crippen molar-refractivity contribution in [1.82, 2.24) is 14.5 Å². The lowest BCUT2D eigenvalue weighted by atomic mass is 10.0. The van der Waals surface area contributed by atoms with Gasteiger partial charge in [-0.15, -0.1) is 0 Å². The van der Waals surface area contributed by atoms with Crippen molar-refractivity contribution in [2.75, 3.05) is 18.8 Å². The van der Waals surface area contributed by atoms with Crippen LogP contribution in [0, 0.1) is 0 Å². The minimum atomic E-state index is 0.404. The van der Waals surface area contributed by atoms with Crippen LogP contribution in [0.5, 0.6) is 11.5 Å². The van der Waals surface area contributed by atoms with Crippen LogP contribution in [0.25, 0.3) is 11.0 Å². The van der Waals surface area contributed by atoms with E-state index in [4.69, 9.17) is 10.5 Å². The molecule has 3 aromatic carbocycles. The molecular formula is C25H26N4O. The Kier molecular flexibility index (Phi) is 5.11. The molecule has 1 fully saturated rings. The number of imidazole rings is 1. The Bertz CT molecular complexity index is 1130. The molecule has 2 N–H and O–H groups in total. The lowest BCUT2D eigenvalue weighted by molar-refractivity contribution is 0.182. The SMILES string of the molecule is Nc1nc2ccccc2n1C1CCN(Cc2cccc(Oc3ccccc3)c2)CC1. The number of benzene rings is 3. The summed E-state index contributed by atoms with van der Waals surface area (Å²) in [6, 6.07) is 26.9. The van der Waals surface area contributed by atoms with Gasteiger partial charge in [-0.3, -0.25) is 4.90 Å². The fourth-order valence-electron chi connectivity index (χ4n) is 4.37. The third-order valence-corrected chi connectivity index (χ3v) is 5.83. The van der Waals surface area contributed by atoms with Crippen molar-refractivity contribution in [2.24, 2.45) is 0 Å². The van der Waals surface area contributed by atoms with Crippen molar-refractivity contribution >= 4 is 17.0 Å². The number of ether oxygens (including phenoxy) is 1. The van der Waals surface area contributed by atoms with Crippen LogP contribution in [0.15, 0.2) is 78.9 Å². The monoisotopic (exact) mass is 398 g/mol. The van der Waals surface area contributed by atoms with E-state index in [0.717, 1.165) is 55.0 Å². The number of hydrogen-bond donors (Lipinski definition) is 1. The average molecular weight is 399 g/mol. The van der Waals surface area contributed by atoms with E-state index in [1.807, 2.05) is 48.5 Å². The predicted octanol–water partition coefficient (Wildman–Crippen LogP) is 5.25. The van der Waals surface area contributed by atoms with Crippen molar-refractivity contribution < 1.29 is 4.74 Å². The number of piperidine rings is 1. The van der Waals surface area contributed by atoms with Gasteiger partial charge in [-0.05, 0) is 54.8 Å². The number of nitrogen functional groups attached to an aromatic ring is 1. The topological polar surface area (TPSA) is 56.3 Å². The van der Waals surface area contributed by atoms with Crippen LogP contribution in [-0.2, 0) is 6.54 Å². The number of aromatic nitrogens is 2. The maximum atomic E-state index is 6.25. The van der Waals surface area contributed by atoms with Gasteiger partial charge in [0.1, 0.15) is 11.5 Å². The van der Waals surface area contributed by atoms with Crippen molar-refractivity contribution in [1.29, 1.82) is 0 Å². The number of likely N-dealkylation sites (tertiary alicyclic amines) is 1. The Morgan fingerprint density at radius 1 is 0.867 bits per heavy atom. The van der Waals surface area contributed by atoms with Gasteiger partial charge in [0, 0.05) is 25.7 Å². The Morgan fingerprint density at radius 3 is 2.43 bits per heavy atom. The van der Waals surface area contributed by atoms with Crippen LogP contribution in [-0.4, -0.2) is 27.5 Å². The largest absolute Gasteiger partial charge is 0.457 e. The summed E-state index contributed by atoms with van der Waals surface area (Å²) in [6.07, 6.45) is 2.15. The summed E-state index contributed by atoms with van der Waals surface area (Å²) >= 11 is 0. The highest BCUT2D eigenvalue weighted by atomic mass is 16.5. The van der Waals surface area contributed by atoms with E-state index in [9.17, 15) is 0 Å². The molecule has 0 spiro atoms. The van der Waals surface area contributed by atoms with Crippen LogP contribution in [0.2, 0.25) is 0 Å². The number of nitrogens with two attached hydrogens (primary N) is 1. The fourth-order valence-corrected chi connectivity index (χ4v) is 4.37. The molecule has 1 aliphatic heterocycles. The van der Waals surface area contributed by atoms with Gasteiger partial charge in [0.25, 0.3) is 0 Å². The van der Waals surface area contributed by atoms with Crippen LogP contribution in [0.3, 0.4) is 0 Å². The summed E-state index contributed by atoms with van der Waals surface area (Å²) in [5.74, 6) is 2.37. The van der Waals surface area contributed by atoms with E-state index < -0.39 is 0 Å². The van der Waals surface area contributed by atoms with E-state index >= 15 is 0 Å². The second-order valence-corrected chi connectivity index (χ2v) is 7.90. The van der Waals surface area contributed by atoms with Gasteiger partial charge in [-0.2, -0.15) is 0 Å². The maximum absolute atomic E-state index is 6.25. The summed E-state index contributed by atoms with van der Waals surface area (Å²) in [4.78, 5) is 7.04. The van der Waals surface area contributed by atoms with Gasteiger partial charge in [-0.25, -0.2) is 4.98 Å². The normalized spacial score (nSPS) is 15.5. The molecule has 0 radical (unpaired) electrons. The molecule has 30 heavy (non-hydrogen) atoms. The lowest BCUT2D eigenvalue weighted by Gasteiger charge is -2.33. The van der Waals surface area contributed by atoms with E-state index in [2.05, 4.69) is 44.8 Å². The zero-order chi connectivity index (χ0) is 20.3. The number of fused-ring (bicyclic) bond motifs is 1. The highest BCUT2D eigenvalue weighted by Crippen LogP contribution is 2.30. The third-order valence-electron chi connectivity index (χ3n) is 5.83. The molecule has 1 aromatic heterocycles. The molecule has 5 rings (SSSR count). The molecule has 0 bridgehead atoms. The average Bonchev–Trinajstić information content (AvgIpc) is 3.11. The first kappa shape index (κ1) is 18.7. The summed E-state index contributed by atoms with van der Waals surface area (Å²) in [5.41, 5.74) is 9.64. The number of hydrogen-bond acceptors (Lipinski definition) is 4. The first-order valence-electron chi connectivity index (χ1n) is 10.5. The summed E-state index contributed by atoms with van der Waals surface area (Å²) in [7, 11) is 0. The predicted molar refractivity (Wildman–Crippen MR) is 121 cm³/mol. The van der Waals surface area contributed by atoms with Gasteiger partial charge in [0.05, 0.1) is 11.0 Å². The van der Waals surface area contributed by atoms with Crippen molar-refractivity contribution in [3.63, 3.8) is 0 Å². The molecule has 5 heteroatoms. The van der Waals surface area contributed by atoms with Crippen LogP contribution >= 0.6 is 0 Å². The van der Waals surface area contributed by atoms with Crippen molar-refractivity contribution in [2.45, 2.75) is 25.4 Å². The summed E-state index contributed by atoms with van der Waals surface area (Å²) < 4.78 is 8.21. The number of anilines is 1. The van der Waals surface area contributed by atoms with Crippen molar-refractivity contribution in [3.05, 3.63) is 84.4 Å². The standard InChI is InChI=1S/C25H26N4O/c26-25-27-23-11-4-5-12-24(23)29(25)20-13-15-28(16-14-20)18-19-7-6-10-22(17-19)30-21-8-2-1-3-9-21/h1-12,17,20H,13-16,18H2,(H2,26,27). The van der Waals surface area contributed by atoms with Crippen LogP contribution < -0.4 is 10.5 Å². The minimum Gasteiger partial charge on any atom is -0.457 e. The summed E-state index contributed by atoms with van der Waals surface area (Å²) in [6.45, 7) is 3.01. The summed E-state index contributed by atoms with van der Waals surface area (Å²) in [5, 5.41) is 0. The maximum Gasteiger partial charge on any atom is 0.201 e. The molecule has 0 aliphatic carbocycles. The molecule has 0 amide bonds. The molecule has 1 saturated heterocycles. The zero-order valence-electron chi connectivity index (χ0n) is 16.9.